The van der Waals surface area contributed by atoms with Crippen LogP contribution in [0.5, 0.6) is 0 Å². The number of hydrogen-bond donors (Lipinski definition) is 0. The molecule has 6 heterocycles. The summed E-state index contributed by atoms with van der Waals surface area (Å²) in [5.41, 5.74) is 20.5. The molecule has 0 spiro atoms. The van der Waals surface area contributed by atoms with Crippen molar-refractivity contribution < 1.29 is 0 Å². The second-order valence-electron chi connectivity index (χ2n) is 14.6. The summed E-state index contributed by atoms with van der Waals surface area (Å²) in [5, 5.41) is 3.73. The van der Waals surface area contributed by atoms with E-state index in [2.05, 4.69) is 114 Å². The van der Waals surface area contributed by atoms with Crippen molar-refractivity contribution in [2.45, 2.75) is 39.5 Å². The molecule has 0 unspecified atom stereocenters. The molecule has 8 nitrogen and oxygen atoms in total. The zero-order valence-electron chi connectivity index (χ0n) is 30.0. The molecule has 6 aromatic heterocycles. The average molecular weight is 699 g/mol. The molecular formula is C46H34N8. The van der Waals surface area contributed by atoms with Crippen LogP contribution in [-0.4, -0.2) is 39.0 Å². The van der Waals surface area contributed by atoms with Crippen molar-refractivity contribution in [2.24, 2.45) is 0 Å². The van der Waals surface area contributed by atoms with Gasteiger partial charge in [0, 0.05) is 75.7 Å². The first-order valence-electron chi connectivity index (χ1n) is 18.5. The van der Waals surface area contributed by atoms with Crippen LogP contribution in [0, 0.1) is 13.8 Å². The first-order valence-corrected chi connectivity index (χ1v) is 18.5. The Hall–Kier alpha value is -6.80. The maximum absolute atomic E-state index is 4.60. The zero-order valence-corrected chi connectivity index (χ0v) is 30.0. The zero-order chi connectivity index (χ0) is 35.9. The monoisotopic (exact) mass is 698 g/mol. The van der Waals surface area contributed by atoms with Crippen LogP contribution < -0.4 is 0 Å². The van der Waals surface area contributed by atoms with Crippen molar-refractivity contribution in [1.29, 1.82) is 0 Å². The summed E-state index contributed by atoms with van der Waals surface area (Å²) in [5.74, 6) is 0. The molecule has 0 aliphatic heterocycles. The van der Waals surface area contributed by atoms with E-state index >= 15 is 0 Å². The molecule has 0 saturated heterocycles. The van der Waals surface area contributed by atoms with Gasteiger partial charge in [0.15, 0.2) is 0 Å². The fraction of sp³-hybridized carbons (Fsp3) is 0.130. The lowest BCUT2D eigenvalue weighted by molar-refractivity contribution is 0.888. The van der Waals surface area contributed by atoms with Gasteiger partial charge in [0.25, 0.3) is 0 Å². The Morgan fingerprint density at radius 1 is 0.481 bits per heavy atom. The molecule has 2 aliphatic carbocycles. The quantitative estimate of drug-likeness (QED) is 0.182. The molecule has 0 amide bonds. The third-order valence-electron chi connectivity index (χ3n) is 11.6. The summed E-state index contributed by atoms with van der Waals surface area (Å²) in [6, 6.07) is 20.7. The largest absolute Gasteiger partial charge is 0.311 e. The maximum atomic E-state index is 4.60. The molecule has 258 valence electrons. The fourth-order valence-electron chi connectivity index (χ4n) is 8.89. The molecule has 0 bridgehead atoms. The molecular weight excluding hydrogens is 665 g/mol. The highest BCUT2D eigenvalue weighted by molar-refractivity contribution is 6.12. The van der Waals surface area contributed by atoms with E-state index in [0.717, 1.165) is 59.3 Å². The van der Waals surface area contributed by atoms with E-state index in [1.165, 1.54) is 77.4 Å². The molecule has 9 aromatic rings. The van der Waals surface area contributed by atoms with Gasteiger partial charge in [-0.25, -0.2) is 19.9 Å². The smallest absolute Gasteiger partial charge is 0.115 e. The molecule has 0 N–H and O–H groups in total. The van der Waals surface area contributed by atoms with Crippen molar-refractivity contribution in [1.82, 2.24) is 39.0 Å². The van der Waals surface area contributed by atoms with Crippen LogP contribution >= 0.6 is 0 Å². The molecule has 0 fully saturated rings. The van der Waals surface area contributed by atoms with Crippen LogP contribution in [-0.2, 0) is 19.3 Å². The highest BCUT2D eigenvalue weighted by Crippen LogP contribution is 2.46. The van der Waals surface area contributed by atoms with E-state index in [9.17, 15) is 0 Å². The van der Waals surface area contributed by atoms with Crippen LogP contribution in [0.1, 0.15) is 45.5 Å². The molecule has 0 atom stereocenters. The van der Waals surface area contributed by atoms with Gasteiger partial charge in [0.1, 0.15) is 12.7 Å². The predicted octanol–water partition coefficient (Wildman–Crippen LogP) is 9.63. The molecule has 54 heavy (non-hydrogen) atoms. The minimum absolute atomic E-state index is 0.919. The van der Waals surface area contributed by atoms with Gasteiger partial charge in [-0.15, -0.1) is 0 Å². The number of hydrogen-bond acceptors (Lipinski definition) is 6. The maximum Gasteiger partial charge on any atom is 0.115 e. The van der Waals surface area contributed by atoms with Gasteiger partial charge in [-0.05, 0) is 139 Å². The molecule has 8 heteroatoms. The van der Waals surface area contributed by atoms with Gasteiger partial charge in [0.05, 0.1) is 40.3 Å². The lowest BCUT2D eigenvalue weighted by Crippen LogP contribution is -2.07. The first-order chi connectivity index (χ1) is 26.6. The van der Waals surface area contributed by atoms with Gasteiger partial charge in [-0.1, -0.05) is 6.07 Å². The molecule has 11 rings (SSSR count). The minimum Gasteiger partial charge on any atom is -0.311 e. The average Bonchev–Trinajstić information content (AvgIpc) is 3.71. The lowest BCUT2D eigenvalue weighted by atomic mass is 9.83. The Morgan fingerprint density at radius 3 is 1.74 bits per heavy atom. The van der Waals surface area contributed by atoms with Crippen molar-refractivity contribution in [2.75, 3.05) is 0 Å². The van der Waals surface area contributed by atoms with E-state index in [0.29, 0.717) is 0 Å². The molecule has 2 aliphatic rings. The van der Waals surface area contributed by atoms with E-state index < -0.39 is 0 Å². The third kappa shape index (κ3) is 4.62. The number of pyridine rings is 2. The van der Waals surface area contributed by atoms with Crippen LogP contribution in [0.3, 0.4) is 0 Å². The van der Waals surface area contributed by atoms with Crippen LogP contribution in [0.15, 0.2) is 117 Å². The Labute approximate surface area is 311 Å². The lowest BCUT2D eigenvalue weighted by Gasteiger charge is -2.22. The first kappa shape index (κ1) is 30.8. The number of aryl methyl sites for hydroxylation is 4. The second-order valence-corrected chi connectivity index (χ2v) is 14.6. The summed E-state index contributed by atoms with van der Waals surface area (Å²) in [6.07, 6.45) is 24.7. The second kappa shape index (κ2) is 11.9. The number of rotatable bonds is 4. The number of allylic oxidation sites excluding steroid dienone is 1. The highest BCUT2D eigenvalue weighted by Gasteiger charge is 2.27. The van der Waals surface area contributed by atoms with Crippen molar-refractivity contribution in [3.8, 4) is 33.6 Å². The van der Waals surface area contributed by atoms with Gasteiger partial charge in [-0.2, -0.15) is 0 Å². The van der Waals surface area contributed by atoms with Crippen molar-refractivity contribution in [3.05, 3.63) is 156 Å². The summed E-state index contributed by atoms with van der Waals surface area (Å²) in [7, 11) is 0. The number of nitrogens with zero attached hydrogens (tertiary/aromatic N) is 8. The van der Waals surface area contributed by atoms with Gasteiger partial charge < -0.3 is 9.13 Å². The minimum atomic E-state index is 0.919. The van der Waals surface area contributed by atoms with Gasteiger partial charge in [-0.3, -0.25) is 9.97 Å². The summed E-state index contributed by atoms with van der Waals surface area (Å²) in [4.78, 5) is 26.4. The number of benzene rings is 3. The Balaban J connectivity index is 1.18. The third-order valence-corrected chi connectivity index (χ3v) is 11.6. The van der Waals surface area contributed by atoms with E-state index in [-0.39, 0.29) is 0 Å². The SMILES string of the molecule is Cc1ccncc1-n1c2c(c3cc4c(cc31)-c1cc3c(cc1CC4)c1cc(-c4cncnc4)ccc1n3-c1cnccc1C)C=C(c1cncnc1)CC2. The Morgan fingerprint density at radius 2 is 1.07 bits per heavy atom. The Bertz CT molecular complexity index is 3010. The van der Waals surface area contributed by atoms with Crippen molar-refractivity contribution >= 4 is 44.4 Å². The van der Waals surface area contributed by atoms with E-state index in [4.69, 9.17) is 0 Å². The summed E-state index contributed by atoms with van der Waals surface area (Å²) in [6.45, 7) is 4.34. The van der Waals surface area contributed by atoms with E-state index in [1.54, 1.807) is 12.7 Å². The standard InChI is InChI=1S/C46H34N8/c1-27-9-11-47-23-45(27)53-41-7-5-29(33-19-49-25-50-20-33)13-37(41)39-15-31-3-4-32-16-40-38-14-30(34-21-51-26-52-22-34)6-8-42(38)54(46-24-48-12-10-28(46)2)44(40)18-36(32)35(31)17-43(39)53/h5,7,9-26H,3-4,6,8H2,1-2H3. The molecule has 0 radical (unpaired) electrons. The number of aromatic nitrogens is 8. The molecule has 3 aromatic carbocycles. The number of fused-ring (bicyclic) bond motifs is 9. The molecule has 0 saturated carbocycles. The Kier molecular flexibility index (Phi) is 6.76. The van der Waals surface area contributed by atoms with Gasteiger partial charge in [0.2, 0.25) is 0 Å². The van der Waals surface area contributed by atoms with Crippen LogP contribution in [0.25, 0.3) is 78.0 Å². The van der Waals surface area contributed by atoms with Crippen LogP contribution in [0.4, 0.5) is 0 Å². The fourth-order valence-corrected chi connectivity index (χ4v) is 8.89. The normalized spacial score (nSPS) is 13.6. The predicted molar refractivity (Wildman–Crippen MR) is 215 cm³/mol. The van der Waals surface area contributed by atoms with Crippen molar-refractivity contribution in [3.63, 3.8) is 0 Å². The summed E-state index contributed by atoms with van der Waals surface area (Å²) < 4.78 is 4.87. The topological polar surface area (TPSA) is 87.2 Å². The van der Waals surface area contributed by atoms with E-state index in [1.807, 2.05) is 49.6 Å². The van der Waals surface area contributed by atoms with Gasteiger partial charge >= 0.3 is 0 Å². The summed E-state index contributed by atoms with van der Waals surface area (Å²) >= 11 is 0. The van der Waals surface area contributed by atoms with Crippen LogP contribution in [0.2, 0.25) is 0 Å². The highest BCUT2D eigenvalue weighted by atomic mass is 15.0.